The Labute approximate surface area is 493 Å². The Bertz CT molecular complexity index is 2960. The third kappa shape index (κ3) is 12.1. The molecule has 2 heterocycles. The van der Waals surface area contributed by atoms with E-state index in [1.54, 1.807) is 76.2 Å². The summed E-state index contributed by atoms with van der Waals surface area (Å²) in [7, 11) is 0. The molecule has 13 heteroatoms. The van der Waals surface area contributed by atoms with E-state index in [2.05, 4.69) is 97.1 Å². The molecular weight excluding hydrogens is 1060 g/mol. The molecule has 0 amide bonds. The second-order valence-electron chi connectivity index (χ2n) is 21.8. The van der Waals surface area contributed by atoms with E-state index in [0.717, 1.165) is 22.3 Å². The molecule has 2 saturated heterocycles. The lowest BCUT2D eigenvalue weighted by atomic mass is 9.68. The van der Waals surface area contributed by atoms with Gasteiger partial charge in [0.25, 0.3) is 0 Å². The smallest absolute Gasteiger partial charge is 0.115 e. The predicted octanol–water partition coefficient (Wildman–Crippen LogP) is 10.9. The molecule has 0 unspecified atom stereocenters. The van der Waals surface area contributed by atoms with Crippen LogP contribution in [0.2, 0.25) is 0 Å². The van der Waals surface area contributed by atoms with Gasteiger partial charge in [0.2, 0.25) is 0 Å². The lowest BCUT2D eigenvalue weighted by molar-refractivity contribution is -0.262. The highest BCUT2D eigenvalue weighted by Gasteiger charge is 2.50. The van der Waals surface area contributed by atoms with E-state index in [9.17, 15) is 51.1 Å². The van der Waals surface area contributed by atoms with Crippen LogP contribution in [0, 0.1) is 0 Å². The fraction of sp³-hybridized carbons (Fsp3) is 0.324. The first kappa shape index (κ1) is 64.2. The average molecular weight is 1140 g/mol. The van der Waals surface area contributed by atoms with Crippen molar-refractivity contribution >= 4 is 0 Å². The van der Waals surface area contributed by atoms with Gasteiger partial charge in [0.05, 0.1) is 34.7 Å². The second-order valence-corrected chi connectivity index (χ2v) is 21.8. The summed E-state index contributed by atoms with van der Waals surface area (Å²) in [5, 5.41) is 105. The SMILES string of the molecule is CC.CC.CC1(C)O[C@H](CO)[C@@H](O)[C@H](O)[C@H]1O.CC[C@H]1OC(C)(C)[C@H](O)[C@@H](O)[C@@H]1O.Oc1ccc(C2(c3ccc(O)cc3)c3ccccc3-c3ccccc32)cc1.Oc1ccc(C2(c3ccc(O)cc3)c3ccccc3-c3ccccc32)cc1. The molecule has 84 heavy (non-hydrogen) atoms. The van der Waals surface area contributed by atoms with Gasteiger partial charge in [-0.2, -0.15) is 0 Å². The monoisotopic (exact) mass is 1140 g/mol. The molecule has 2 fully saturated rings. The number of rotatable bonds is 6. The lowest BCUT2D eigenvalue weighted by Crippen LogP contribution is -2.62. The third-order valence-corrected chi connectivity index (χ3v) is 16.1. The third-order valence-electron chi connectivity index (χ3n) is 16.1. The molecule has 2 aliphatic carbocycles. The quantitative estimate of drug-likeness (QED) is 0.0744. The maximum atomic E-state index is 9.85. The Morgan fingerprint density at radius 1 is 0.333 bits per heavy atom. The molecule has 8 aromatic carbocycles. The summed E-state index contributed by atoms with van der Waals surface area (Å²) in [5.41, 5.74) is 11.3. The first-order chi connectivity index (χ1) is 40.2. The van der Waals surface area contributed by atoms with E-state index in [0.29, 0.717) is 6.42 Å². The molecule has 8 atom stereocenters. The van der Waals surface area contributed by atoms with Crippen molar-refractivity contribution in [1.82, 2.24) is 0 Å². The zero-order valence-electron chi connectivity index (χ0n) is 49.2. The van der Waals surface area contributed by atoms with Crippen LogP contribution in [-0.4, -0.2) is 123 Å². The molecule has 0 radical (unpaired) electrons. The summed E-state index contributed by atoms with van der Waals surface area (Å²) in [6.45, 7) is 16.1. The molecule has 8 aromatic rings. The van der Waals surface area contributed by atoms with Gasteiger partial charge in [-0.3, -0.25) is 0 Å². The summed E-state index contributed by atoms with van der Waals surface area (Å²) in [4.78, 5) is 0. The van der Waals surface area contributed by atoms with E-state index >= 15 is 0 Å². The van der Waals surface area contributed by atoms with Gasteiger partial charge in [0.15, 0.2) is 0 Å². The molecule has 2 aliphatic heterocycles. The Kier molecular flexibility index (Phi) is 20.7. The predicted molar refractivity (Wildman–Crippen MR) is 328 cm³/mol. The van der Waals surface area contributed by atoms with E-state index in [1.807, 2.05) is 83.1 Å². The molecule has 0 bridgehead atoms. The van der Waals surface area contributed by atoms with E-state index in [4.69, 9.17) is 14.6 Å². The fourth-order valence-electron chi connectivity index (χ4n) is 12.1. The maximum absolute atomic E-state index is 9.85. The van der Waals surface area contributed by atoms with Crippen LogP contribution in [0.15, 0.2) is 194 Å². The van der Waals surface area contributed by atoms with Gasteiger partial charge in [-0.1, -0.05) is 180 Å². The standard InChI is InChI=1S/2C25H18O2.C9H18O4.C8H16O5.2C2H6/c2*26-19-13-9-17(10-14-19)25(18-11-15-20(27)16-12-18)23-7-3-1-5-21(23)22-6-2-4-8-24(22)25;1-4-5-6(10)7(11)8(12)9(2,3)13-5;1-8(2)7(12)6(11)5(10)4(3-9)13-8;2*1-2/h2*1-16,26-27H;5-8,10-12H,4H2,1-3H3;4-7,9-12H,3H2,1-2H3;2*1-2H3/t;;5-,6-,7+,8-;4-,5-,6+,7-;;/m..11../s1. The van der Waals surface area contributed by atoms with Crippen molar-refractivity contribution in [1.29, 1.82) is 0 Å². The molecule has 0 spiro atoms. The van der Waals surface area contributed by atoms with Gasteiger partial charge in [-0.15, -0.1) is 0 Å². The summed E-state index contributed by atoms with van der Waals surface area (Å²) < 4.78 is 10.7. The van der Waals surface area contributed by atoms with Crippen molar-refractivity contribution in [3.63, 3.8) is 0 Å². The highest BCUT2D eigenvalue weighted by molar-refractivity contribution is 5.87. The fourth-order valence-corrected chi connectivity index (χ4v) is 12.1. The van der Waals surface area contributed by atoms with E-state index in [-0.39, 0.29) is 29.6 Å². The molecular formula is C71H82O13. The van der Waals surface area contributed by atoms with Crippen molar-refractivity contribution in [2.45, 2.75) is 140 Å². The largest absolute Gasteiger partial charge is 0.508 e. The van der Waals surface area contributed by atoms with E-state index < -0.39 is 70.9 Å². The number of phenolic OH excluding ortho intramolecular Hbond substituents is 4. The van der Waals surface area contributed by atoms with Crippen LogP contribution in [0.3, 0.4) is 0 Å². The highest BCUT2D eigenvalue weighted by Crippen LogP contribution is 2.58. The van der Waals surface area contributed by atoms with Gasteiger partial charge < -0.3 is 65.6 Å². The van der Waals surface area contributed by atoms with Crippen molar-refractivity contribution in [2.24, 2.45) is 0 Å². The zero-order valence-corrected chi connectivity index (χ0v) is 49.2. The van der Waals surface area contributed by atoms with E-state index in [1.165, 1.54) is 44.5 Å². The minimum Gasteiger partial charge on any atom is -0.508 e. The number of hydrogen-bond donors (Lipinski definition) is 11. The van der Waals surface area contributed by atoms with Gasteiger partial charge >= 0.3 is 0 Å². The number of aliphatic hydroxyl groups excluding tert-OH is 7. The van der Waals surface area contributed by atoms with Crippen molar-refractivity contribution in [2.75, 3.05) is 6.61 Å². The Hall–Kier alpha value is -7.40. The lowest BCUT2D eigenvalue weighted by Gasteiger charge is -2.45. The van der Waals surface area contributed by atoms with Crippen LogP contribution in [0.1, 0.15) is 113 Å². The first-order valence-electron chi connectivity index (χ1n) is 28.8. The first-order valence-corrected chi connectivity index (χ1v) is 28.8. The Morgan fingerprint density at radius 2 is 0.560 bits per heavy atom. The number of aromatic hydroxyl groups is 4. The zero-order chi connectivity index (χ0) is 61.3. The summed E-state index contributed by atoms with van der Waals surface area (Å²) >= 11 is 0. The minimum absolute atomic E-state index is 0.249. The van der Waals surface area contributed by atoms with Crippen LogP contribution in [0.25, 0.3) is 22.3 Å². The van der Waals surface area contributed by atoms with Gasteiger partial charge in [0, 0.05) is 0 Å². The van der Waals surface area contributed by atoms with Crippen molar-refractivity contribution in [3.8, 4) is 45.3 Å². The number of phenols is 4. The van der Waals surface area contributed by atoms with Crippen molar-refractivity contribution in [3.05, 3.63) is 239 Å². The number of fused-ring (bicyclic) bond motifs is 6. The topological polar surface area (TPSA) is 241 Å². The minimum atomic E-state index is -1.28. The van der Waals surface area contributed by atoms with Crippen LogP contribution in [-0.2, 0) is 20.3 Å². The van der Waals surface area contributed by atoms with Gasteiger partial charge in [0.1, 0.15) is 65.7 Å². The second kappa shape index (κ2) is 27.1. The van der Waals surface area contributed by atoms with Crippen LogP contribution < -0.4 is 0 Å². The Balaban J connectivity index is 0.000000166. The molecule has 11 N–H and O–H groups in total. The summed E-state index contributed by atoms with van der Waals surface area (Å²) in [6, 6.07) is 63.7. The molecule has 4 aliphatic rings. The highest BCUT2D eigenvalue weighted by atomic mass is 16.6. The normalized spacial score (nSPS) is 22.9. The van der Waals surface area contributed by atoms with Crippen LogP contribution in [0.4, 0.5) is 0 Å². The number of benzene rings is 8. The van der Waals surface area contributed by atoms with Crippen LogP contribution >= 0.6 is 0 Å². The van der Waals surface area contributed by atoms with Gasteiger partial charge in [-0.05, 0) is 149 Å². The molecule has 13 nitrogen and oxygen atoms in total. The molecule has 0 aromatic heterocycles. The van der Waals surface area contributed by atoms with Gasteiger partial charge in [-0.25, -0.2) is 0 Å². The van der Waals surface area contributed by atoms with Crippen molar-refractivity contribution < 1.29 is 65.6 Å². The Morgan fingerprint density at radius 3 is 0.798 bits per heavy atom. The number of hydrogen-bond acceptors (Lipinski definition) is 13. The molecule has 444 valence electrons. The maximum Gasteiger partial charge on any atom is 0.115 e. The molecule has 0 saturated carbocycles. The number of aliphatic hydroxyl groups is 7. The summed E-state index contributed by atoms with van der Waals surface area (Å²) in [6.07, 6.45) is -7.43. The van der Waals surface area contributed by atoms with Crippen LogP contribution in [0.5, 0.6) is 23.0 Å². The summed E-state index contributed by atoms with van der Waals surface area (Å²) in [5.74, 6) is 0.997. The average Bonchev–Trinajstić information content (AvgIpc) is 1.61. The molecule has 12 rings (SSSR count). The number of ether oxygens (including phenoxy) is 2.